The molecule has 0 aliphatic carbocycles. The van der Waals surface area contributed by atoms with Gasteiger partial charge in [0.25, 0.3) is 5.89 Å². The monoisotopic (exact) mass is 452 g/mol. The molecular formula is C21H15F3N8O. The number of pyridine rings is 2. The summed E-state index contributed by atoms with van der Waals surface area (Å²) in [5.74, 6) is 0.242. The number of aromatic amines is 1. The molecule has 0 amide bonds. The Balaban J connectivity index is 1.47. The van der Waals surface area contributed by atoms with Crippen LogP contribution in [0.2, 0.25) is 0 Å². The van der Waals surface area contributed by atoms with E-state index >= 15 is 0 Å². The van der Waals surface area contributed by atoms with Crippen molar-refractivity contribution in [1.29, 1.82) is 0 Å². The normalized spacial score (nSPS) is 16.3. The zero-order chi connectivity index (χ0) is 22.6. The van der Waals surface area contributed by atoms with Gasteiger partial charge in [0.2, 0.25) is 0 Å². The average molecular weight is 452 g/mol. The number of alkyl halides is 3. The Morgan fingerprint density at radius 3 is 2.79 bits per heavy atom. The van der Waals surface area contributed by atoms with Gasteiger partial charge in [-0.2, -0.15) is 18.3 Å². The summed E-state index contributed by atoms with van der Waals surface area (Å²) < 4.78 is 47.4. The molecule has 1 atom stereocenters. The number of nitrogens with zero attached hydrogens (tertiary/aromatic N) is 7. The third-order valence-corrected chi connectivity index (χ3v) is 5.54. The summed E-state index contributed by atoms with van der Waals surface area (Å²) in [6.07, 6.45) is -0.746. The molecule has 166 valence electrons. The van der Waals surface area contributed by atoms with Crippen LogP contribution in [0.5, 0.6) is 0 Å². The highest BCUT2D eigenvalue weighted by Crippen LogP contribution is 2.38. The van der Waals surface area contributed by atoms with E-state index in [1.165, 1.54) is 6.07 Å². The Labute approximate surface area is 183 Å². The van der Waals surface area contributed by atoms with Crippen LogP contribution < -0.4 is 4.90 Å². The molecule has 1 aliphatic heterocycles. The van der Waals surface area contributed by atoms with E-state index < -0.39 is 17.9 Å². The van der Waals surface area contributed by atoms with E-state index in [0.29, 0.717) is 35.6 Å². The summed E-state index contributed by atoms with van der Waals surface area (Å²) in [6, 6.07) is 10.5. The molecule has 0 radical (unpaired) electrons. The Hall–Kier alpha value is -4.22. The highest BCUT2D eigenvalue weighted by Gasteiger charge is 2.38. The zero-order valence-corrected chi connectivity index (χ0v) is 16.9. The maximum atomic E-state index is 13.5. The number of rotatable bonds is 3. The molecule has 0 bridgehead atoms. The van der Waals surface area contributed by atoms with Crippen molar-refractivity contribution in [2.75, 3.05) is 11.4 Å². The van der Waals surface area contributed by atoms with Crippen LogP contribution >= 0.6 is 0 Å². The van der Waals surface area contributed by atoms with Crippen LogP contribution in [0.25, 0.3) is 17.1 Å². The van der Waals surface area contributed by atoms with Gasteiger partial charge in [0, 0.05) is 24.9 Å². The Morgan fingerprint density at radius 1 is 1.06 bits per heavy atom. The smallest absolute Gasteiger partial charge is 0.402 e. The number of fused-ring (bicyclic) bond motifs is 2. The first kappa shape index (κ1) is 19.5. The average Bonchev–Trinajstić information content (AvgIpc) is 3.56. The summed E-state index contributed by atoms with van der Waals surface area (Å²) in [6.45, 7) is 0.476. The van der Waals surface area contributed by atoms with Crippen molar-refractivity contribution in [2.45, 2.75) is 18.6 Å². The number of imidazole rings is 1. The predicted molar refractivity (Wildman–Crippen MR) is 109 cm³/mol. The summed E-state index contributed by atoms with van der Waals surface area (Å²) in [7, 11) is 0. The van der Waals surface area contributed by atoms with Crippen LogP contribution in [0.3, 0.4) is 0 Å². The lowest BCUT2D eigenvalue weighted by Crippen LogP contribution is -2.37. The van der Waals surface area contributed by atoms with Crippen molar-refractivity contribution in [1.82, 2.24) is 34.8 Å². The highest BCUT2D eigenvalue weighted by molar-refractivity contribution is 5.54. The largest absolute Gasteiger partial charge is 0.433 e. The van der Waals surface area contributed by atoms with Gasteiger partial charge < -0.3 is 14.3 Å². The van der Waals surface area contributed by atoms with Gasteiger partial charge in [0.15, 0.2) is 0 Å². The second-order valence-corrected chi connectivity index (χ2v) is 7.53. The summed E-state index contributed by atoms with van der Waals surface area (Å²) in [5.41, 5.74) is 1.91. The van der Waals surface area contributed by atoms with Crippen LogP contribution in [-0.2, 0) is 12.6 Å². The maximum absolute atomic E-state index is 13.5. The van der Waals surface area contributed by atoms with Crippen LogP contribution in [0, 0.1) is 0 Å². The molecule has 1 N–H and O–H groups in total. The van der Waals surface area contributed by atoms with E-state index in [1.807, 2.05) is 0 Å². The fourth-order valence-electron chi connectivity index (χ4n) is 4.09. The third kappa shape index (κ3) is 3.22. The fourth-order valence-corrected chi connectivity index (χ4v) is 4.09. The minimum Gasteiger partial charge on any atom is -0.402 e. The number of aromatic nitrogens is 7. The lowest BCUT2D eigenvalue weighted by Gasteiger charge is -2.32. The number of halogens is 3. The first-order chi connectivity index (χ1) is 16.0. The molecule has 6 heterocycles. The van der Waals surface area contributed by atoms with Crippen LogP contribution in [0.1, 0.15) is 28.8 Å². The van der Waals surface area contributed by atoms with Crippen molar-refractivity contribution < 1.29 is 17.6 Å². The highest BCUT2D eigenvalue weighted by atomic mass is 19.4. The van der Waals surface area contributed by atoms with E-state index in [0.717, 1.165) is 16.3 Å². The van der Waals surface area contributed by atoms with Crippen molar-refractivity contribution in [3.8, 4) is 11.6 Å². The molecule has 1 aliphatic rings. The first-order valence-corrected chi connectivity index (χ1v) is 10.1. The quantitative estimate of drug-likeness (QED) is 0.446. The van der Waals surface area contributed by atoms with Crippen molar-refractivity contribution in [3.05, 3.63) is 77.8 Å². The molecule has 0 saturated carbocycles. The molecule has 9 nitrogen and oxygen atoms in total. The number of H-pyrrole nitrogens is 1. The molecule has 0 aromatic carbocycles. The van der Waals surface area contributed by atoms with Gasteiger partial charge in [-0.25, -0.2) is 9.50 Å². The second-order valence-electron chi connectivity index (χ2n) is 7.53. The Morgan fingerprint density at radius 2 is 1.97 bits per heavy atom. The van der Waals surface area contributed by atoms with E-state index in [-0.39, 0.29) is 11.9 Å². The van der Waals surface area contributed by atoms with E-state index in [2.05, 4.69) is 30.2 Å². The predicted octanol–water partition coefficient (Wildman–Crippen LogP) is 3.67. The van der Waals surface area contributed by atoms with Crippen LogP contribution in [0.4, 0.5) is 19.2 Å². The number of hydrogen-bond acceptors (Lipinski definition) is 7. The maximum Gasteiger partial charge on any atom is 0.433 e. The number of anilines is 1. The molecular weight excluding hydrogens is 437 g/mol. The van der Waals surface area contributed by atoms with Crippen molar-refractivity contribution in [3.63, 3.8) is 0 Å². The van der Waals surface area contributed by atoms with E-state index in [4.69, 9.17) is 4.42 Å². The summed E-state index contributed by atoms with van der Waals surface area (Å²) in [4.78, 5) is 13.5. The summed E-state index contributed by atoms with van der Waals surface area (Å²) >= 11 is 0. The molecule has 0 fully saturated rings. The van der Waals surface area contributed by atoms with E-state index in [1.54, 1.807) is 47.8 Å². The topological polar surface area (TPSA) is 101 Å². The van der Waals surface area contributed by atoms with Gasteiger partial charge in [-0.05, 0) is 30.3 Å². The minimum atomic E-state index is -4.55. The first-order valence-electron chi connectivity index (χ1n) is 10.1. The van der Waals surface area contributed by atoms with Crippen molar-refractivity contribution >= 4 is 11.5 Å². The lowest BCUT2D eigenvalue weighted by atomic mass is 10.0. The van der Waals surface area contributed by atoms with Gasteiger partial charge in [-0.3, -0.25) is 4.98 Å². The van der Waals surface area contributed by atoms with Gasteiger partial charge in [-0.15, -0.1) is 5.10 Å². The number of hydrogen-bond donors (Lipinski definition) is 1. The van der Waals surface area contributed by atoms with Crippen LogP contribution in [-0.4, -0.2) is 41.3 Å². The van der Waals surface area contributed by atoms with Gasteiger partial charge in [0.1, 0.15) is 17.4 Å². The van der Waals surface area contributed by atoms with E-state index in [9.17, 15) is 13.2 Å². The molecule has 0 spiro atoms. The van der Waals surface area contributed by atoms with Gasteiger partial charge in [-0.1, -0.05) is 17.2 Å². The van der Waals surface area contributed by atoms with Crippen molar-refractivity contribution in [2.24, 2.45) is 0 Å². The molecule has 0 saturated heterocycles. The Kier molecular flexibility index (Phi) is 4.22. The molecule has 5 aromatic rings. The summed E-state index contributed by atoms with van der Waals surface area (Å²) in [5, 5.41) is 12.6. The number of nitrogens with one attached hydrogen (secondary N) is 1. The molecule has 0 unspecified atom stereocenters. The molecule has 33 heavy (non-hydrogen) atoms. The third-order valence-electron chi connectivity index (χ3n) is 5.54. The second kappa shape index (κ2) is 7.15. The molecule has 6 rings (SSSR count). The van der Waals surface area contributed by atoms with Gasteiger partial charge in [0.05, 0.1) is 23.2 Å². The molecule has 5 aromatic heterocycles. The van der Waals surface area contributed by atoms with Gasteiger partial charge >= 0.3 is 12.2 Å². The standard InChI is InChI=1S/C21H15F3N8O/c22-21(23,24)16-6-3-4-12-10-15(30-32(12)16)18-17-13(26-11-27-17)7-9-31(18)20-29-28-19(33-20)14-5-1-2-8-25-14/h1-6,8,10-11,18H,7,9H2,(H,26,27)/t18-/m0/s1. The SMILES string of the molecule is FC(F)(F)c1cccc2cc([C@H]3c4nc[nH]c4CCN3c3nnc(-c4ccccn4)o3)nn12. The lowest BCUT2D eigenvalue weighted by molar-refractivity contribution is -0.142. The molecule has 12 heteroatoms. The zero-order valence-electron chi connectivity index (χ0n) is 16.9. The Bertz CT molecular complexity index is 1440. The van der Waals surface area contributed by atoms with Crippen LogP contribution in [0.15, 0.2) is 59.4 Å². The minimum absolute atomic E-state index is 0.211. The fraction of sp³-hybridized carbons (Fsp3) is 0.190.